The average Bonchev–Trinajstić information content (AvgIpc) is 2.97. The van der Waals surface area contributed by atoms with Crippen LogP contribution in [0.15, 0.2) is 34.8 Å². The number of amides is 1. The molecule has 1 aromatic heterocycles. The van der Waals surface area contributed by atoms with E-state index in [0.29, 0.717) is 12.2 Å². The number of morpholine rings is 1. The van der Waals surface area contributed by atoms with Crippen molar-refractivity contribution in [3.8, 4) is 5.69 Å². The Kier molecular flexibility index (Phi) is 4.68. The van der Waals surface area contributed by atoms with E-state index < -0.39 is 12.1 Å². The van der Waals surface area contributed by atoms with Crippen molar-refractivity contribution in [2.45, 2.75) is 13.0 Å². The van der Waals surface area contributed by atoms with Gasteiger partial charge in [-0.15, -0.1) is 0 Å². The summed E-state index contributed by atoms with van der Waals surface area (Å²) in [5.74, 6) is -1.35. The van der Waals surface area contributed by atoms with Crippen LogP contribution in [0.5, 0.6) is 0 Å². The molecule has 1 unspecified atom stereocenters. The molecule has 24 heavy (non-hydrogen) atoms. The molecule has 126 valence electrons. The van der Waals surface area contributed by atoms with E-state index in [1.807, 2.05) is 31.2 Å². The molecule has 1 fully saturated rings. The number of carboxylic acid groups (broad SMARTS) is 1. The number of carboxylic acids is 1. The van der Waals surface area contributed by atoms with Gasteiger partial charge in [-0.3, -0.25) is 4.79 Å². The minimum Gasteiger partial charge on any atom is -0.479 e. The quantitative estimate of drug-likeness (QED) is 0.860. The normalized spacial score (nSPS) is 17.8. The van der Waals surface area contributed by atoms with Crippen LogP contribution in [0.25, 0.3) is 5.69 Å². The molecule has 2 aromatic rings. The monoisotopic (exact) mass is 393 g/mol. The first-order chi connectivity index (χ1) is 11.5. The van der Waals surface area contributed by atoms with Gasteiger partial charge in [0.15, 0.2) is 11.8 Å². The molecule has 0 radical (unpaired) electrons. The molecule has 0 spiro atoms. The van der Waals surface area contributed by atoms with E-state index in [1.165, 1.54) is 4.90 Å². The van der Waals surface area contributed by atoms with E-state index in [0.717, 1.165) is 15.9 Å². The molecule has 0 saturated carbocycles. The highest BCUT2D eigenvalue weighted by atomic mass is 79.9. The molecule has 1 N–H and O–H groups in total. The average molecular weight is 394 g/mol. The number of hydrogen-bond donors (Lipinski definition) is 1. The highest BCUT2D eigenvalue weighted by molar-refractivity contribution is 9.10. The summed E-state index contributed by atoms with van der Waals surface area (Å²) in [4.78, 5) is 25.1. The number of rotatable bonds is 3. The third-order valence-corrected chi connectivity index (χ3v) is 4.34. The smallest absolute Gasteiger partial charge is 0.334 e. The number of halogens is 1. The summed E-state index contributed by atoms with van der Waals surface area (Å²) >= 11 is 3.38. The summed E-state index contributed by atoms with van der Waals surface area (Å²) in [6, 6.07) is 9.30. The Morgan fingerprint density at radius 1 is 1.33 bits per heavy atom. The number of hydrogen-bond acceptors (Lipinski definition) is 4. The van der Waals surface area contributed by atoms with Crippen LogP contribution in [0.1, 0.15) is 16.2 Å². The van der Waals surface area contributed by atoms with Crippen LogP contribution >= 0.6 is 15.9 Å². The first-order valence-electron chi connectivity index (χ1n) is 7.42. The maximum absolute atomic E-state index is 12.6. The van der Waals surface area contributed by atoms with Crippen LogP contribution in [-0.2, 0) is 9.53 Å². The van der Waals surface area contributed by atoms with Gasteiger partial charge in [-0.05, 0) is 37.3 Å². The largest absolute Gasteiger partial charge is 0.479 e. The third kappa shape index (κ3) is 3.34. The molecule has 1 aliphatic rings. The molecule has 1 aromatic carbocycles. The molecule has 0 aliphatic carbocycles. The zero-order chi connectivity index (χ0) is 17.3. The van der Waals surface area contributed by atoms with Gasteiger partial charge in [0.1, 0.15) is 0 Å². The number of aryl methyl sites for hydroxylation is 1. The Labute approximate surface area is 147 Å². The Bertz CT molecular complexity index is 772. The maximum atomic E-state index is 12.6. The number of ether oxygens (including phenoxy) is 1. The van der Waals surface area contributed by atoms with E-state index in [4.69, 9.17) is 9.84 Å². The van der Waals surface area contributed by atoms with Crippen molar-refractivity contribution in [3.05, 3.63) is 46.2 Å². The lowest BCUT2D eigenvalue weighted by atomic mass is 10.2. The third-order valence-electron chi connectivity index (χ3n) is 3.81. The first-order valence-corrected chi connectivity index (χ1v) is 8.21. The molecule has 0 bridgehead atoms. The van der Waals surface area contributed by atoms with E-state index in [2.05, 4.69) is 21.0 Å². The fourth-order valence-electron chi connectivity index (χ4n) is 2.57. The minimum atomic E-state index is -1.07. The Balaban J connectivity index is 1.82. The fourth-order valence-corrected chi connectivity index (χ4v) is 2.83. The highest BCUT2D eigenvalue weighted by Gasteiger charge is 2.30. The van der Waals surface area contributed by atoms with Gasteiger partial charge in [0.05, 0.1) is 18.8 Å². The van der Waals surface area contributed by atoms with Crippen molar-refractivity contribution >= 4 is 27.8 Å². The van der Waals surface area contributed by atoms with E-state index in [9.17, 15) is 9.59 Å². The summed E-state index contributed by atoms with van der Waals surface area (Å²) in [5.41, 5.74) is 1.96. The SMILES string of the molecule is Cc1cc(C(=O)N2CCOC(C(=O)O)C2)nn1-c1ccc(Br)cc1. The number of nitrogens with zero attached hydrogens (tertiary/aromatic N) is 3. The van der Waals surface area contributed by atoms with Crippen molar-refractivity contribution < 1.29 is 19.4 Å². The number of carbonyl (C=O) groups excluding carboxylic acids is 1. The summed E-state index contributed by atoms with van der Waals surface area (Å²) in [5, 5.41) is 13.4. The van der Waals surface area contributed by atoms with E-state index >= 15 is 0 Å². The maximum Gasteiger partial charge on any atom is 0.334 e. The Hall–Kier alpha value is -2.19. The summed E-state index contributed by atoms with van der Waals surface area (Å²) in [6.45, 7) is 2.45. The number of benzene rings is 1. The van der Waals surface area contributed by atoms with Crippen LogP contribution < -0.4 is 0 Å². The van der Waals surface area contributed by atoms with Crippen molar-refractivity contribution in [2.24, 2.45) is 0 Å². The van der Waals surface area contributed by atoms with Gasteiger partial charge >= 0.3 is 5.97 Å². The van der Waals surface area contributed by atoms with E-state index in [1.54, 1.807) is 10.7 Å². The van der Waals surface area contributed by atoms with Gasteiger partial charge in [0, 0.05) is 16.7 Å². The second-order valence-corrected chi connectivity index (χ2v) is 6.42. The lowest BCUT2D eigenvalue weighted by molar-refractivity contribution is -0.154. The lowest BCUT2D eigenvalue weighted by Crippen LogP contribution is -2.48. The van der Waals surface area contributed by atoms with E-state index in [-0.39, 0.29) is 19.1 Å². The lowest BCUT2D eigenvalue weighted by Gasteiger charge is -2.30. The Morgan fingerprint density at radius 2 is 2.04 bits per heavy atom. The molecular weight excluding hydrogens is 378 g/mol. The van der Waals surface area contributed by atoms with Gasteiger partial charge in [-0.25, -0.2) is 9.48 Å². The second-order valence-electron chi connectivity index (χ2n) is 5.51. The number of carbonyl (C=O) groups is 2. The zero-order valence-corrected chi connectivity index (χ0v) is 14.6. The van der Waals surface area contributed by atoms with Crippen molar-refractivity contribution in [2.75, 3.05) is 19.7 Å². The molecule has 1 saturated heterocycles. The summed E-state index contributed by atoms with van der Waals surface area (Å²) in [6.07, 6.45) is -0.989. The molecule has 7 nitrogen and oxygen atoms in total. The fraction of sp³-hybridized carbons (Fsp3) is 0.312. The van der Waals surface area contributed by atoms with Gasteiger partial charge in [-0.2, -0.15) is 5.10 Å². The topological polar surface area (TPSA) is 84.7 Å². The van der Waals surface area contributed by atoms with Crippen molar-refractivity contribution in [1.29, 1.82) is 0 Å². The predicted molar refractivity (Wildman–Crippen MR) is 89.3 cm³/mol. The van der Waals surface area contributed by atoms with Gasteiger partial charge in [0.25, 0.3) is 5.91 Å². The highest BCUT2D eigenvalue weighted by Crippen LogP contribution is 2.17. The predicted octanol–water partition coefficient (Wildman–Crippen LogP) is 1.87. The Morgan fingerprint density at radius 3 is 2.71 bits per heavy atom. The first kappa shape index (κ1) is 16.7. The van der Waals surface area contributed by atoms with Crippen LogP contribution in [0.4, 0.5) is 0 Å². The molecule has 8 heteroatoms. The second kappa shape index (κ2) is 6.74. The van der Waals surface area contributed by atoms with Crippen molar-refractivity contribution in [1.82, 2.24) is 14.7 Å². The number of aliphatic carboxylic acids is 1. The summed E-state index contributed by atoms with van der Waals surface area (Å²) < 4.78 is 7.79. The molecule has 1 atom stereocenters. The minimum absolute atomic E-state index is 0.0261. The van der Waals surface area contributed by atoms with Crippen molar-refractivity contribution in [3.63, 3.8) is 0 Å². The van der Waals surface area contributed by atoms with Crippen LogP contribution in [-0.4, -0.2) is 57.5 Å². The molecular formula is C16H16BrN3O4. The molecule has 1 amide bonds. The van der Waals surface area contributed by atoms with Gasteiger partial charge in [-0.1, -0.05) is 15.9 Å². The van der Waals surface area contributed by atoms with Gasteiger partial charge < -0.3 is 14.7 Å². The van der Waals surface area contributed by atoms with Crippen LogP contribution in [0, 0.1) is 6.92 Å². The summed E-state index contributed by atoms with van der Waals surface area (Å²) in [7, 11) is 0. The zero-order valence-electron chi connectivity index (χ0n) is 13.0. The molecule has 3 rings (SSSR count). The number of aromatic nitrogens is 2. The van der Waals surface area contributed by atoms with Gasteiger partial charge in [0.2, 0.25) is 0 Å². The van der Waals surface area contributed by atoms with Crippen LogP contribution in [0.3, 0.4) is 0 Å². The molecule has 2 heterocycles. The standard InChI is InChI=1S/C16H16BrN3O4/c1-10-8-13(18-20(10)12-4-2-11(17)3-5-12)15(21)19-6-7-24-14(9-19)16(22)23/h2-5,8,14H,6-7,9H2,1H3,(H,22,23). The van der Waals surface area contributed by atoms with Crippen LogP contribution in [0.2, 0.25) is 0 Å². The molecule has 1 aliphatic heterocycles.